The zero-order valence-electron chi connectivity index (χ0n) is 14.0. The normalized spacial score (nSPS) is 11.9. The molecule has 2 rings (SSSR count). The Hall–Kier alpha value is -2.49. The number of ether oxygens (including phenoxy) is 2. The van der Waals surface area contributed by atoms with Gasteiger partial charge in [0.2, 0.25) is 0 Å². The van der Waals surface area contributed by atoms with Crippen molar-refractivity contribution in [3.63, 3.8) is 0 Å². The van der Waals surface area contributed by atoms with Crippen molar-refractivity contribution >= 4 is 5.91 Å². The van der Waals surface area contributed by atoms with Crippen molar-refractivity contribution in [3.8, 4) is 11.5 Å². The topological polar surface area (TPSA) is 47.6 Å². The molecule has 0 bridgehead atoms. The van der Waals surface area contributed by atoms with Gasteiger partial charge in [-0.1, -0.05) is 44.2 Å². The Bertz CT molecular complexity index is 631. The zero-order valence-corrected chi connectivity index (χ0v) is 14.0. The molecule has 0 aliphatic carbocycles. The van der Waals surface area contributed by atoms with E-state index >= 15 is 0 Å². The van der Waals surface area contributed by atoms with Crippen LogP contribution in [0.3, 0.4) is 0 Å². The third kappa shape index (κ3) is 4.25. The predicted octanol–water partition coefficient (Wildman–Crippen LogP) is 3.83. The van der Waals surface area contributed by atoms with Gasteiger partial charge in [-0.2, -0.15) is 0 Å². The molecule has 0 unspecified atom stereocenters. The number of benzene rings is 2. The van der Waals surface area contributed by atoms with Crippen LogP contribution in [0.1, 0.15) is 35.8 Å². The molecule has 4 nitrogen and oxygen atoms in total. The van der Waals surface area contributed by atoms with Crippen molar-refractivity contribution in [1.29, 1.82) is 0 Å². The molecule has 0 spiro atoms. The van der Waals surface area contributed by atoms with Gasteiger partial charge in [-0.05, 0) is 23.6 Å². The second-order valence-corrected chi connectivity index (χ2v) is 5.71. The Morgan fingerprint density at radius 1 is 0.957 bits per heavy atom. The molecule has 122 valence electrons. The minimum absolute atomic E-state index is 0.0547. The van der Waals surface area contributed by atoms with Crippen molar-refractivity contribution in [3.05, 3.63) is 59.7 Å². The Kier molecular flexibility index (Phi) is 5.63. The maximum Gasteiger partial charge on any atom is 0.252 e. The fourth-order valence-corrected chi connectivity index (χ4v) is 2.46. The summed E-state index contributed by atoms with van der Waals surface area (Å²) in [6.07, 6.45) is 0. The fraction of sp³-hybridized carbons (Fsp3) is 0.316. The van der Waals surface area contributed by atoms with E-state index in [9.17, 15) is 4.79 Å². The molecule has 0 aliphatic rings. The highest BCUT2D eigenvalue weighted by Gasteiger charge is 2.19. The van der Waals surface area contributed by atoms with Gasteiger partial charge in [0, 0.05) is 11.6 Å². The Morgan fingerprint density at radius 2 is 1.52 bits per heavy atom. The summed E-state index contributed by atoms with van der Waals surface area (Å²) in [5, 5.41) is 3.10. The van der Waals surface area contributed by atoms with E-state index < -0.39 is 0 Å². The van der Waals surface area contributed by atoms with Crippen LogP contribution in [0.5, 0.6) is 11.5 Å². The number of rotatable bonds is 6. The van der Waals surface area contributed by atoms with Gasteiger partial charge in [0.15, 0.2) is 0 Å². The second-order valence-electron chi connectivity index (χ2n) is 5.71. The molecule has 0 aliphatic heterocycles. The van der Waals surface area contributed by atoms with E-state index in [1.54, 1.807) is 32.4 Å². The van der Waals surface area contributed by atoms with E-state index in [2.05, 4.69) is 19.2 Å². The molecule has 1 atom stereocenters. The highest BCUT2D eigenvalue weighted by atomic mass is 16.5. The summed E-state index contributed by atoms with van der Waals surface area (Å²) in [6.45, 7) is 4.17. The molecule has 2 aromatic rings. The lowest BCUT2D eigenvalue weighted by molar-refractivity contribution is 0.0925. The maximum atomic E-state index is 12.6. The van der Waals surface area contributed by atoms with Crippen LogP contribution in [0.4, 0.5) is 0 Å². The van der Waals surface area contributed by atoms with Gasteiger partial charge in [-0.3, -0.25) is 4.79 Å². The van der Waals surface area contributed by atoms with Gasteiger partial charge in [-0.25, -0.2) is 0 Å². The average Bonchev–Trinajstić information content (AvgIpc) is 2.59. The molecule has 0 saturated carbocycles. The molecule has 23 heavy (non-hydrogen) atoms. The molecule has 0 aromatic heterocycles. The van der Waals surface area contributed by atoms with E-state index in [0.717, 1.165) is 5.56 Å². The van der Waals surface area contributed by atoms with Crippen molar-refractivity contribution in [2.45, 2.75) is 19.9 Å². The summed E-state index contributed by atoms with van der Waals surface area (Å²) in [4.78, 5) is 12.6. The van der Waals surface area contributed by atoms with Gasteiger partial charge in [-0.15, -0.1) is 0 Å². The Labute approximate surface area is 137 Å². The number of hydrogen-bond donors (Lipinski definition) is 1. The van der Waals surface area contributed by atoms with Crippen LogP contribution >= 0.6 is 0 Å². The van der Waals surface area contributed by atoms with Gasteiger partial charge < -0.3 is 14.8 Å². The van der Waals surface area contributed by atoms with Crippen molar-refractivity contribution < 1.29 is 14.3 Å². The van der Waals surface area contributed by atoms with Crippen molar-refractivity contribution in [1.82, 2.24) is 5.32 Å². The lowest BCUT2D eigenvalue weighted by Crippen LogP contribution is -2.31. The summed E-state index contributed by atoms with van der Waals surface area (Å²) in [6, 6.07) is 15.1. The molecular weight excluding hydrogens is 290 g/mol. The lowest BCUT2D eigenvalue weighted by Gasteiger charge is -2.23. The average molecular weight is 313 g/mol. The zero-order chi connectivity index (χ0) is 16.8. The van der Waals surface area contributed by atoms with E-state index in [1.807, 2.05) is 30.3 Å². The predicted molar refractivity (Wildman–Crippen MR) is 91.0 cm³/mol. The van der Waals surface area contributed by atoms with Crippen LogP contribution in [-0.4, -0.2) is 20.1 Å². The van der Waals surface area contributed by atoms with Crippen LogP contribution in [0.2, 0.25) is 0 Å². The van der Waals surface area contributed by atoms with Gasteiger partial charge in [0.05, 0.1) is 20.3 Å². The van der Waals surface area contributed by atoms with Crippen LogP contribution in [0.15, 0.2) is 48.5 Å². The third-order valence-electron chi connectivity index (χ3n) is 3.73. The highest BCUT2D eigenvalue weighted by molar-refractivity contribution is 5.95. The first kappa shape index (κ1) is 16.9. The minimum Gasteiger partial charge on any atom is -0.497 e. The van der Waals surface area contributed by atoms with Crippen LogP contribution < -0.4 is 14.8 Å². The summed E-state index contributed by atoms with van der Waals surface area (Å²) in [7, 11) is 3.13. The maximum absolute atomic E-state index is 12.6. The van der Waals surface area contributed by atoms with Gasteiger partial charge in [0.25, 0.3) is 5.91 Å². The second kappa shape index (κ2) is 7.68. The number of carbonyl (C=O) groups excluding carboxylic acids is 1. The Morgan fingerprint density at radius 3 is 2.00 bits per heavy atom. The standard InChI is InChI=1S/C19H23NO3/c1-13(2)18(14-8-6-5-7-9-14)20-19(21)15-10-16(22-3)12-17(11-15)23-4/h5-13,18H,1-4H3,(H,20,21)/t18-/m1/s1. The largest absolute Gasteiger partial charge is 0.497 e. The molecule has 0 fully saturated rings. The number of methoxy groups -OCH3 is 2. The minimum atomic E-state index is -0.148. The van der Waals surface area contributed by atoms with Gasteiger partial charge >= 0.3 is 0 Å². The number of amides is 1. The molecule has 2 aromatic carbocycles. The number of carbonyl (C=O) groups is 1. The summed E-state index contributed by atoms with van der Waals surface area (Å²) in [5.74, 6) is 1.31. The quantitative estimate of drug-likeness (QED) is 0.881. The first-order chi connectivity index (χ1) is 11.0. The molecule has 0 saturated heterocycles. The molecule has 0 heterocycles. The SMILES string of the molecule is COc1cc(OC)cc(C(=O)N[C@@H](c2ccccc2)C(C)C)c1. The van der Waals surface area contributed by atoms with Crippen LogP contribution in [-0.2, 0) is 0 Å². The smallest absolute Gasteiger partial charge is 0.252 e. The molecule has 1 N–H and O–H groups in total. The summed E-state index contributed by atoms with van der Waals surface area (Å²) in [5.41, 5.74) is 1.61. The van der Waals surface area contributed by atoms with E-state index in [0.29, 0.717) is 17.1 Å². The first-order valence-corrected chi connectivity index (χ1v) is 7.64. The molecular formula is C19H23NO3. The monoisotopic (exact) mass is 313 g/mol. The summed E-state index contributed by atoms with van der Waals surface area (Å²) < 4.78 is 10.4. The van der Waals surface area contributed by atoms with Crippen LogP contribution in [0, 0.1) is 5.92 Å². The molecule has 1 amide bonds. The van der Waals surface area contributed by atoms with Crippen molar-refractivity contribution in [2.75, 3.05) is 14.2 Å². The van der Waals surface area contributed by atoms with E-state index in [-0.39, 0.29) is 17.9 Å². The number of hydrogen-bond acceptors (Lipinski definition) is 3. The van der Waals surface area contributed by atoms with E-state index in [1.165, 1.54) is 0 Å². The summed E-state index contributed by atoms with van der Waals surface area (Å²) >= 11 is 0. The van der Waals surface area contributed by atoms with Crippen molar-refractivity contribution in [2.24, 2.45) is 5.92 Å². The van der Waals surface area contributed by atoms with Crippen LogP contribution in [0.25, 0.3) is 0 Å². The first-order valence-electron chi connectivity index (χ1n) is 7.64. The Balaban J connectivity index is 2.26. The molecule has 4 heteroatoms. The molecule has 0 radical (unpaired) electrons. The number of nitrogens with one attached hydrogen (secondary N) is 1. The lowest BCUT2D eigenvalue weighted by atomic mass is 9.95. The van der Waals surface area contributed by atoms with Gasteiger partial charge in [0.1, 0.15) is 11.5 Å². The van der Waals surface area contributed by atoms with E-state index in [4.69, 9.17) is 9.47 Å². The fourth-order valence-electron chi connectivity index (χ4n) is 2.46. The highest BCUT2D eigenvalue weighted by Crippen LogP contribution is 2.25. The third-order valence-corrected chi connectivity index (χ3v) is 3.73.